The van der Waals surface area contributed by atoms with E-state index in [9.17, 15) is 9.59 Å². The third-order valence-corrected chi connectivity index (χ3v) is 9.37. The van der Waals surface area contributed by atoms with Crippen molar-refractivity contribution in [3.8, 4) is 45.4 Å². The number of methoxy groups -OCH3 is 1. The summed E-state index contributed by atoms with van der Waals surface area (Å²) >= 11 is 7.09. The SMILES string of the molecule is COc1nc(-c2cccc(-c3cccc(-c4cnc5c(n4)ON(CC4CCNC4=O)C5)c3Cl)c2C)cnc1CNCC1CCNC1=O. The topological polar surface area (TPSA) is 143 Å². The van der Waals surface area contributed by atoms with E-state index in [-0.39, 0.29) is 23.7 Å². The van der Waals surface area contributed by atoms with E-state index in [1.165, 1.54) is 0 Å². The Morgan fingerprint density at radius 2 is 1.62 bits per heavy atom. The van der Waals surface area contributed by atoms with Gasteiger partial charge in [-0.2, -0.15) is 0 Å². The highest BCUT2D eigenvalue weighted by atomic mass is 35.5. The molecule has 2 unspecified atom stereocenters. The zero-order chi connectivity index (χ0) is 32.5. The van der Waals surface area contributed by atoms with Crippen LogP contribution in [-0.2, 0) is 22.7 Å². The molecule has 47 heavy (non-hydrogen) atoms. The fraction of sp³-hybridized carbons (Fsp3) is 0.353. The van der Waals surface area contributed by atoms with Gasteiger partial charge in [-0.1, -0.05) is 48.0 Å². The molecule has 4 aromatic rings. The van der Waals surface area contributed by atoms with Gasteiger partial charge in [-0.15, -0.1) is 5.06 Å². The van der Waals surface area contributed by atoms with Crippen molar-refractivity contribution in [1.29, 1.82) is 0 Å². The Labute approximate surface area is 277 Å². The Balaban J connectivity index is 1.11. The summed E-state index contributed by atoms with van der Waals surface area (Å²) in [5, 5.41) is 11.3. The molecule has 3 aliphatic heterocycles. The molecule has 12 nitrogen and oxygen atoms in total. The van der Waals surface area contributed by atoms with Crippen LogP contribution in [0.4, 0.5) is 0 Å². The predicted octanol–water partition coefficient (Wildman–Crippen LogP) is 3.71. The average molecular weight is 655 g/mol. The molecular formula is C34H35ClN8O4. The van der Waals surface area contributed by atoms with Crippen LogP contribution in [-0.4, -0.2) is 70.1 Å². The van der Waals surface area contributed by atoms with E-state index in [1.54, 1.807) is 24.6 Å². The summed E-state index contributed by atoms with van der Waals surface area (Å²) in [7, 11) is 1.58. The third kappa shape index (κ3) is 6.23. The Kier molecular flexibility index (Phi) is 8.72. The number of aromatic nitrogens is 4. The Morgan fingerprint density at radius 3 is 2.36 bits per heavy atom. The van der Waals surface area contributed by atoms with Crippen molar-refractivity contribution in [2.75, 3.05) is 33.3 Å². The van der Waals surface area contributed by atoms with Crippen LogP contribution in [0.5, 0.6) is 11.8 Å². The van der Waals surface area contributed by atoms with Gasteiger partial charge in [0, 0.05) is 49.4 Å². The van der Waals surface area contributed by atoms with E-state index in [4.69, 9.17) is 31.1 Å². The summed E-state index contributed by atoms with van der Waals surface area (Å²) in [6.45, 7) is 5.41. The molecule has 2 atom stereocenters. The second kappa shape index (κ2) is 13.2. The van der Waals surface area contributed by atoms with Gasteiger partial charge < -0.3 is 25.5 Å². The number of hydrogen-bond donors (Lipinski definition) is 3. The minimum Gasteiger partial charge on any atom is -0.480 e. The molecule has 0 saturated carbocycles. The molecule has 2 aromatic carbocycles. The van der Waals surface area contributed by atoms with Crippen LogP contribution in [0.3, 0.4) is 0 Å². The Bertz CT molecular complexity index is 1850. The summed E-state index contributed by atoms with van der Waals surface area (Å²) in [5.74, 6) is 0.856. The highest BCUT2D eigenvalue weighted by Crippen LogP contribution is 2.40. The fourth-order valence-corrected chi connectivity index (χ4v) is 6.68. The number of benzene rings is 2. The van der Waals surface area contributed by atoms with Gasteiger partial charge >= 0.3 is 0 Å². The first-order valence-corrected chi connectivity index (χ1v) is 16.1. The van der Waals surface area contributed by atoms with Crippen LogP contribution in [0.1, 0.15) is 29.8 Å². The lowest BCUT2D eigenvalue weighted by Gasteiger charge is -2.16. The monoisotopic (exact) mass is 654 g/mol. The minimum atomic E-state index is -0.104. The van der Waals surface area contributed by atoms with Gasteiger partial charge in [0.1, 0.15) is 11.4 Å². The lowest BCUT2D eigenvalue weighted by Crippen LogP contribution is -2.32. The maximum atomic E-state index is 12.0. The van der Waals surface area contributed by atoms with Gasteiger partial charge in [0.15, 0.2) is 0 Å². The molecule has 3 N–H and O–H groups in total. The number of amides is 2. The number of nitrogens with zero attached hydrogens (tertiary/aromatic N) is 5. The summed E-state index contributed by atoms with van der Waals surface area (Å²) in [6, 6.07) is 11.8. The van der Waals surface area contributed by atoms with Gasteiger partial charge in [0.05, 0.1) is 54.3 Å². The van der Waals surface area contributed by atoms with Gasteiger partial charge in [-0.05, 0) is 30.9 Å². The smallest absolute Gasteiger partial charge is 0.261 e. The first kappa shape index (κ1) is 31.0. The number of ether oxygens (including phenoxy) is 1. The highest BCUT2D eigenvalue weighted by Gasteiger charge is 2.32. The van der Waals surface area contributed by atoms with E-state index in [1.807, 2.05) is 43.3 Å². The standard InChI is InChI=1S/C34H35ClN8O4/c1-19-22(5-3-6-23(19)26-15-39-28(33(41-26)46-2)14-36-13-20-9-11-37-31(20)44)24-7-4-8-25(30(24)35)27-16-40-29-18-43(47-34(29)42-27)17-21-10-12-38-32(21)45/h3-8,15-16,20-21,36H,9-14,17-18H2,1-2H3,(H,37,44)(H,38,45). The lowest BCUT2D eigenvalue weighted by atomic mass is 9.93. The van der Waals surface area contributed by atoms with Crippen molar-refractivity contribution < 1.29 is 19.2 Å². The van der Waals surface area contributed by atoms with Crippen molar-refractivity contribution in [2.45, 2.75) is 32.9 Å². The maximum absolute atomic E-state index is 12.0. The quantitative estimate of drug-likeness (QED) is 0.232. The second-order valence-electron chi connectivity index (χ2n) is 12.0. The number of hydrogen-bond acceptors (Lipinski definition) is 10. The molecule has 0 radical (unpaired) electrons. The Hall–Kier alpha value is -4.65. The number of nitrogens with one attached hydrogen (secondary N) is 3. The largest absolute Gasteiger partial charge is 0.480 e. The number of fused-ring (bicyclic) bond motifs is 1. The van der Waals surface area contributed by atoms with E-state index in [0.717, 1.165) is 52.9 Å². The van der Waals surface area contributed by atoms with Crippen LogP contribution in [0.25, 0.3) is 33.6 Å². The molecule has 2 aromatic heterocycles. The fourth-order valence-electron chi connectivity index (χ4n) is 6.36. The first-order valence-electron chi connectivity index (χ1n) is 15.7. The van der Waals surface area contributed by atoms with Gasteiger partial charge in [-0.25, -0.2) is 9.97 Å². The van der Waals surface area contributed by atoms with Crippen molar-refractivity contribution in [2.24, 2.45) is 11.8 Å². The second-order valence-corrected chi connectivity index (χ2v) is 12.3. The molecule has 5 heterocycles. The van der Waals surface area contributed by atoms with E-state index in [0.29, 0.717) is 66.6 Å². The number of hydroxylamine groups is 2. The van der Waals surface area contributed by atoms with Crippen molar-refractivity contribution in [1.82, 2.24) is 40.9 Å². The summed E-state index contributed by atoms with van der Waals surface area (Å²) in [4.78, 5) is 48.8. The highest BCUT2D eigenvalue weighted by molar-refractivity contribution is 6.36. The zero-order valence-electron chi connectivity index (χ0n) is 26.2. The molecule has 2 fully saturated rings. The molecule has 3 aliphatic rings. The van der Waals surface area contributed by atoms with Crippen LogP contribution < -0.4 is 25.5 Å². The third-order valence-electron chi connectivity index (χ3n) is 8.97. The number of carbonyl (C=O) groups is 2. The van der Waals surface area contributed by atoms with Crippen molar-refractivity contribution >= 4 is 23.4 Å². The maximum Gasteiger partial charge on any atom is 0.261 e. The number of carbonyl (C=O) groups excluding carboxylic acids is 2. The predicted molar refractivity (Wildman–Crippen MR) is 175 cm³/mol. The first-order chi connectivity index (χ1) is 22.9. The summed E-state index contributed by atoms with van der Waals surface area (Å²) in [6.07, 6.45) is 5.07. The summed E-state index contributed by atoms with van der Waals surface area (Å²) in [5.41, 5.74) is 7.07. The summed E-state index contributed by atoms with van der Waals surface area (Å²) < 4.78 is 5.61. The average Bonchev–Trinajstić information content (AvgIpc) is 3.80. The van der Waals surface area contributed by atoms with Crippen LogP contribution >= 0.6 is 11.6 Å². The normalized spacial score (nSPS) is 19.0. The van der Waals surface area contributed by atoms with Crippen LogP contribution in [0, 0.1) is 18.8 Å². The van der Waals surface area contributed by atoms with Gasteiger partial charge in [0.25, 0.3) is 5.88 Å². The van der Waals surface area contributed by atoms with Crippen molar-refractivity contribution in [3.05, 3.63) is 70.8 Å². The van der Waals surface area contributed by atoms with E-state index in [2.05, 4.69) is 25.9 Å². The molecule has 7 rings (SSSR count). The Morgan fingerprint density at radius 1 is 0.936 bits per heavy atom. The van der Waals surface area contributed by atoms with E-state index >= 15 is 0 Å². The molecule has 13 heteroatoms. The molecule has 0 bridgehead atoms. The molecule has 0 aliphatic carbocycles. The number of halogens is 1. The number of rotatable bonds is 10. The van der Waals surface area contributed by atoms with Crippen LogP contribution in [0.2, 0.25) is 5.02 Å². The van der Waals surface area contributed by atoms with Gasteiger partial charge in [-0.3, -0.25) is 19.6 Å². The van der Waals surface area contributed by atoms with E-state index < -0.39 is 0 Å². The van der Waals surface area contributed by atoms with Crippen LogP contribution in [0.15, 0.2) is 48.8 Å². The van der Waals surface area contributed by atoms with Crippen molar-refractivity contribution in [3.63, 3.8) is 0 Å². The van der Waals surface area contributed by atoms with Gasteiger partial charge in [0.2, 0.25) is 17.7 Å². The zero-order valence-corrected chi connectivity index (χ0v) is 26.9. The minimum absolute atomic E-state index is 0.0327. The molecule has 2 amide bonds. The molecule has 0 spiro atoms. The molecule has 2 saturated heterocycles. The lowest BCUT2D eigenvalue weighted by molar-refractivity contribution is -0.126. The molecular weight excluding hydrogens is 620 g/mol. The molecule has 242 valence electrons.